The molecule has 1 aromatic rings. The van der Waals surface area contributed by atoms with Crippen LogP contribution in [0.1, 0.15) is 12.8 Å². The Morgan fingerprint density at radius 2 is 1.73 bits per heavy atom. The van der Waals surface area contributed by atoms with E-state index in [0.29, 0.717) is 5.92 Å². The van der Waals surface area contributed by atoms with E-state index in [4.69, 9.17) is 20.5 Å². The first kappa shape index (κ1) is 15.3. The molecule has 1 fully saturated rings. The molecule has 0 aromatic heterocycles. The lowest BCUT2D eigenvalue weighted by Gasteiger charge is -2.10. The molecule has 0 heterocycles. The van der Waals surface area contributed by atoms with Gasteiger partial charge in [-0.3, -0.25) is 0 Å². The Morgan fingerprint density at radius 3 is 2.18 bits per heavy atom. The number of nitrogens with zero attached hydrogens (tertiary/aromatic N) is 3. The van der Waals surface area contributed by atoms with Gasteiger partial charge in [-0.05, 0) is 18.8 Å². The van der Waals surface area contributed by atoms with Crippen LogP contribution in [0.25, 0.3) is 0 Å². The monoisotopic (exact) mass is 300 g/mol. The van der Waals surface area contributed by atoms with E-state index >= 15 is 0 Å². The van der Waals surface area contributed by atoms with Gasteiger partial charge >= 0.3 is 0 Å². The van der Waals surface area contributed by atoms with Gasteiger partial charge in [0, 0.05) is 17.8 Å². The Labute approximate surface area is 125 Å². The predicted molar refractivity (Wildman–Crippen MR) is 72.1 cm³/mol. The van der Waals surface area contributed by atoms with E-state index in [2.05, 4.69) is 5.32 Å². The Bertz CT molecular complexity index is 709. The van der Waals surface area contributed by atoms with E-state index in [9.17, 15) is 8.78 Å². The average Bonchev–Trinajstić information content (AvgIpc) is 3.30. The molecule has 0 atom stereocenters. The predicted octanol–water partition coefficient (Wildman–Crippen LogP) is 2.99. The minimum atomic E-state index is -0.920. The summed E-state index contributed by atoms with van der Waals surface area (Å²) < 4.78 is 32.8. The van der Waals surface area contributed by atoms with Gasteiger partial charge in [-0.1, -0.05) is 0 Å². The molecule has 0 unspecified atom stereocenters. The van der Waals surface area contributed by atoms with Crippen molar-refractivity contribution in [3.8, 4) is 24.0 Å². The van der Waals surface area contributed by atoms with E-state index in [-0.39, 0.29) is 18.0 Å². The summed E-state index contributed by atoms with van der Waals surface area (Å²) in [5.74, 6) is -1.97. The van der Waals surface area contributed by atoms with Crippen LogP contribution in [0.15, 0.2) is 23.4 Å². The van der Waals surface area contributed by atoms with Crippen LogP contribution < -0.4 is 10.1 Å². The van der Waals surface area contributed by atoms with Crippen LogP contribution in [0.2, 0.25) is 0 Å². The van der Waals surface area contributed by atoms with Gasteiger partial charge in [0.25, 0.3) is 0 Å². The molecule has 110 valence electrons. The number of anilines is 1. The lowest BCUT2D eigenvalue weighted by molar-refractivity contribution is 0.270. The van der Waals surface area contributed by atoms with E-state index in [0.717, 1.165) is 25.0 Å². The third-order valence-corrected chi connectivity index (χ3v) is 3.01. The normalized spacial score (nSPS) is 12.5. The van der Waals surface area contributed by atoms with Gasteiger partial charge in [-0.2, -0.15) is 15.8 Å². The Kier molecular flexibility index (Phi) is 4.56. The first-order valence-electron chi connectivity index (χ1n) is 6.42. The van der Waals surface area contributed by atoms with Crippen LogP contribution in [0.5, 0.6) is 5.75 Å². The number of halogens is 2. The van der Waals surface area contributed by atoms with Crippen molar-refractivity contribution < 1.29 is 13.5 Å². The molecule has 1 aromatic carbocycles. The van der Waals surface area contributed by atoms with Gasteiger partial charge in [-0.25, -0.2) is 8.78 Å². The average molecular weight is 300 g/mol. The fourth-order valence-electron chi connectivity index (χ4n) is 1.68. The van der Waals surface area contributed by atoms with Gasteiger partial charge in [0.15, 0.2) is 23.0 Å². The summed E-state index contributed by atoms with van der Waals surface area (Å²) in [6.45, 7) is 0.261. The Morgan fingerprint density at radius 1 is 1.14 bits per heavy atom. The standard InChI is InChI=1S/C15H10F2N4O/c16-12-3-11(21-14(7-20)10(5-18)6-19)4-13(17)15(12)22-8-9-1-2-9/h3-4,9,21H,1-2,8H2. The van der Waals surface area contributed by atoms with Gasteiger partial charge in [0.1, 0.15) is 23.9 Å². The van der Waals surface area contributed by atoms with Crippen molar-refractivity contribution in [3.05, 3.63) is 35.0 Å². The van der Waals surface area contributed by atoms with E-state index in [1.807, 2.05) is 0 Å². The van der Waals surface area contributed by atoms with Gasteiger partial charge in [0.05, 0.1) is 6.61 Å². The Balaban J connectivity index is 2.23. The van der Waals surface area contributed by atoms with E-state index < -0.39 is 23.0 Å². The topological polar surface area (TPSA) is 92.6 Å². The summed E-state index contributed by atoms with van der Waals surface area (Å²) in [6, 6.07) is 6.53. The summed E-state index contributed by atoms with van der Waals surface area (Å²) in [5.41, 5.74) is -0.943. The second-order valence-electron chi connectivity index (χ2n) is 4.73. The zero-order valence-electron chi connectivity index (χ0n) is 11.4. The molecule has 0 bridgehead atoms. The summed E-state index contributed by atoms with van der Waals surface area (Å²) >= 11 is 0. The van der Waals surface area contributed by atoms with Crippen LogP contribution in [-0.2, 0) is 0 Å². The first-order chi connectivity index (χ1) is 10.6. The number of benzene rings is 1. The number of nitrogens with one attached hydrogen (secondary N) is 1. The molecule has 1 saturated carbocycles. The molecule has 1 N–H and O–H groups in total. The van der Waals surface area contributed by atoms with Crippen molar-refractivity contribution in [2.75, 3.05) is 11.9 Å². The highest BCUT2D eigenvalue weighted by Gasteiger charge is 2.23. The number of allylic oxidation sites excluding steroid dienone is 2. The lowest BCUT2D eigenvalue weighted by atomic mass is 10.2. The maximum atomic E-state index is 13.9. The van der Waals surface area contributed by atoms with E-state index in [1.54, 1.807) is 6.07 Å². The zero-order valence-corrected chi connectivity index (χ0v) is 11.4. The van der Waals surface area contributed by atoms with Crippen molar-refractivity contribution >= 4 is 5.69 Å². The molecular formula is C15H10F2N4O. The van der Waals surface area contributed by atoms with Crippen molar-refractivity contribution in [1.29, 1.82) is 15.8 Å². The van der Waals surface area contributed by atoms with Gasteiger partial charge in [-0.15, -0.1) is 0 Å². The molecular weight excluding hydrogens is 290 g/mol. The molecule has 22 heavy (non-hydrogen) atoms. The van der Waals surface area contributed by atoms with Crippen LogP contribution in [0, 0.1) is 51.5 Å². The zero-order chi connectivity index (χ0) is 16.1. The molecule has 0 amide bonds. The highest BCUT2D eigenvalue weighted by molar-refractivity contribution is 5.59. The largest absolute Gasteiger partial charge is 0.487 e. The molecule has 0 saturated heterocycles. The number of ether oxygens (including phenoxy) is 1. The maximum absolute atomic E-state index is 13.9. The molecule has 1 aliphatic rings. The van der Waals surface area contributed by atoms with Crippen LogP contribution in [0.4, 0.5) is 14.5 Å². The second-order valence-corrected chi connectivity index (χ2v) is 4.73. The molecule has 5 nitrogen and oxygen atoms in total. The second kappa shape index (κ2) is 6.56. The summed E-state index contributed by atoms with van der Waals surface area (Å²) in [6.07, 6.45) is 1.98. The van der Waals surface area contributed by atoms with Crippen molar-refractivity contribution in [2.45, 2.75) is 12.8 Å². The minimum Gasteiger partial charge on any atom is -0.487 e. The minimum absolute atomic E-state index is 0.0895. The number of hydrogen-bond donors (Lipinski definition) is 1. The third-order valence-electron chi connectivity index (χ3n) is 3.01. The molecule has 0 spiro atoms. The van der Waals surface area contributed by atoms with Crippen molar-refractivity contribution in [3.63, 3.8) is 0 Å². The van der Waals surface area contributed by atoms with E-state index in [1.165, 1.54) is 12.1 Å². The maximum Gasteiger partial charge on any atom is 0.190 e. The molecule has 0 radical (unpaired) electrons. The third kappa shape index (κ3) is 3.50. The fraction of sp³-hybridized carbons (Fsp3) is 0.267. The molecule has 1 aliphatic carbocycles. The fourth-order valence-corrected chi connectivity index (χ4v) is 1.68. The molecule has 7 heteroatoms. The number of hydrogen-bond acceptors (Lipinski definition) is 5. The SMILES string of the molecule is N#CC(C#N)=C(C#N)Nc1cc(F)c(OCC2CC2)c(F)c1. The van der Waals surface area contributed by atoms with Crippen molar-refractivity contribution in [1.82, 2.24) is 0 Å². The number of rotatable bonds is 5. The van der Waals surface area contributed by atoms with Gasteiger partial charge < -0.3 is 10.1 Å². The highest BCUT2D eigenvalue weighted by atomic mass is 19.1. The Hall–Kier alpha value is -3.11. The summed E-state index contributed by atoms with van der Waals surface area (Å²) in [5, 5.41) is 28.6. The van der Waals surface area contributed by atoms with Gasteiger partial charge in [0.2, 0.25) is 0 Å². The van der Waals surface area contributed by atoms with Crippen molar-refractivity contribution in [2.24, 2.45) is 5.92 Å². The number of nitriles is 3. The van der Waals surface area contributed by atoms with Crippen LogP contribution >= 0.6 is 0 Å². The molecule has 0 aliphatic heterocycles. The summed E-state index contributed by atoms with van der Waals surface area (Å²) in [4.78, 5) is 0. The lowest BCUT2D eigenvalue weighted by Crippen LogP contribution is -2.05. The summed E-state index contributed by atoms with van der Waals surface area (Å²) in [7, 11) is 0. The van der Waals surface area contributed by atoms with Crippen LogP contribution in [-0.4, -0.2) is 6.61 Å². The smallest absolute Gasteiger partial charge is 0.190 e. The first-order valence-corrected chi connectivity index (χ1v) is 6.42. The quantitative estimate of drug-likeness (QED) is 0.844. The highest BCUT2D eigenvalue weighted by Crippen LogP contribution is 2.32. The van der Waals surface area contributed by atoms with Crippen LogP contribution in [0.3, 0.4) is 0 Å². The molecule has 2 rings (SSSR count).